The van der Waals surface area contributed by atoms with Crippen molar-refractivity contribution in [2.24, 2.45) is 0 Å². The van der Waals surface area contributed by atoms with E-state index in [2.05, 4.69) is 20.2 Å². The van der Waals surface area contributed by atoms with E-state index in [1.165, 1.54) is 6.33 Å². The van der Waals surface area contributed by atoms with E-state index in [1.54, 1.807) is 6.92 Å². The van der Waals surface area contributed by atoms with Crippen molar-refractivity contribution < 1.29 is 4.42 Å². The van der Waals surface area contributed by atoms with Gasteiger partial charge in [0.25, 0.3) is 5.71 Å². The highest BCUT2D eigenvalue weighted by molar-refractivity contribution is 5.60. The van der Waals surface area contributed by atoms with Gasteiger partial charge in [-0.25, -0.2) is 4.98 Å². The lowest BCUT2D eigenvalue weighted by atomic mass is 10.7. The summed E-state index contributed by atoms with van der Waals surface area (Å²) >= 11 is 0. The van der Waals surface area contributed by atoms with Crippen molar-refractivity contribution in [2.45, 2.75) is 6.92 Å². The van der Waals surface area contributed by atoms with Crippen molar-refractivity contribution in [3.8, 4) is 0 Å². The van der Waals surface area contributed by atoms with Crippen LogP contribution in [0.15, 0.2) is 10.7 Å². The first-order valence-electron chi connectivity index (χ1n) is 2.77. The van der Waals surface area contributed by atoms with Crippen LogP contribution in [0.2, 0.25) is 0 Å². The van der Waals surface area contributed by atoms with E-state index in [4.69, 9.17) is 4.42 Å². The third-order valence-electron chi connectivity index (χ3n) is 1.08. The predicted octanol–water partition coefficient (Wildman–Crippen LogP) is 0.321. The molecule has 0 spiro atoms. The van der Waals surface area contributed by atoms with Gasteiger partial charge in [0.2, 0.25) is 5.65 Å². The molecule has 2 heterocycles. The van der Waals surface area contributed by atoms with Crippen LogP contribution in [0.4, 0.5) is 0 Å². The average molecular weight is 136 g/mol. The van der Waals surface area contributed by atoms with E-state index in [0.717, 1.165) is 0 Å². The molecule has 0 atom stereocenters. The van der Waals surface area contributed by atoms with Crippen molar-refractivity contribution in [3.05, 3.63) is 12.2 Å². The topological polar surface area (TPSA) is 64.7 Å². The fraction of sp³-hybridized carbons (Fsp3) is 0.200. The Labute approximate surface area is 56.1 Å². The summed E-state index contributed by atoms with van der Waals surface area (Å²) in [6.07, 6.45) is 1.34. The van der Waals surface area contributed by atoms with Crippen LogP contribution in [-0.2, 0) is 0 Å². The number of hydrogen-bond acceptors (Lipinski definition) is 5. The zero-order valence-electron chi connectivity index (χ0n) is 5.27. The van der Waals surface area contributed by atoms with Crippen LogP contribution in [0.1, 0.15) is 5.89 Å². The van der Waals surface area contributed by atoms with Crippen molar-refractivity contribution >= 4 is 11.4 Å². The molecule has 2 rings (SSSR count). The van der Waals surface area contributed by atoms with Crippen molar-refractivity contribution in [1.82, 2.24) is 20.2 Å². The average Bonchev–Trinajstić information content (AvgIpc) is 2.27. The molecule has 0 N–H and O–H groups in total. The molecular formula is C5H4N4O. The Morgan fingerprint density at radius 2 is 2.40 bits per heavy atom. The normalized spacial score (nSPS) is 10.5. The molecule has 0 unspecified atom stereocenters. The highest BCUT2D eigenvalue weighted by Crippen LogP contribution is 2.05. The summed E-state index contributed by atoms with van der Waals surface area (Å²) in [4.78, 5) is 7.76. The molecule has 10 heavy (non-hydrogen) atoms. The first kappa shape index (κ1) is 5.28. The molecule has 0 saturated carbocycles. The van der Waals surface area contributed by atoms with E-state index < -0.39 is 0 Å². The van der Waals surface area contributed by atoms with Crippen LogP contribution in [0.25, 0.3) is 11.4 Å². The van der Waals surface area contributed by atoms with Crippen LogP contribution >= 0.6 is 0 Å². The van der Waals surface area contributed by atoms with Crippen LogP contribution in [0.3, 0.4) is 0 Å². The molecule has 0 aliphatic heterocycles. The lowest BCUT2D eigenvalue weighted by Gasteiger charge is -1.77. The number of fused-ring (bicyclic) bond motifs is 1. The number of oxazole rings is 1. The van der Waals surface area contributed by atoms with Crippen LogP contribution in [0.5, 0.6) is 0 Å². The summed E-state index contributed by atoms with van der Waals surface area (Å²) in [6.45, 7) is 1.74. The number of nitrogens with zero attached hydrogens (tertiary/aromatic N) is 4. The highest BCUT2D eigenvalue weighted by atomic mass is 16.4. The molecule has 50 valence electrons. The third-order valence-corrected chi connectivity index (χ3v) is 1.08. The van der Waals surface area contributed by atoms with Gasteiger partial charge in [-0.1, -0.05) is 0 Å². The van der Waals surface area contributed by atoms with E-state index in [1.807, 2.05) is 0 Å². The van der Waals surface area contributed by atoms with E-state index in [9.17, 15) is 0 Å². The van der Waals surface area contributed by atoms with Gasteiger partial charge in [-0.15, -0.1) is 10.2 Å². The Balaban J connectivity index is 2.88. The molecule has 2 aromatic heterocycles. The molecule has 0 fully saturated rings. The van der Waals surface area contributed by atoms with Crippen molar-refractivity contribution in [3.63, 3.8) is 0 Å². The summed E-state index contributed by atoms with van der Waals surface area (Å²) in [7, 11) is 0. The van der Waals surface area contributed by atoms with Gasteiger partial charge < -0.3 is 4.42 Å². The second-order valence-electron chi connectivity index (χ2n) is 1.82. The summed E-state index contributed by atoms with van der Waals surface area (Å²) < 4.78 is 5.02. The third kappa shape index (κ3) is 0.637. The van der Waals surface area contributed by atoms with Gasteiger partial charge in [0.15, 0.2) is 5.89 Å². The largest absolute Gasteiger partial charge is 0.420 e. The fourth-order valence-corrected chi connectivity index (χ4v) is 0.713. The van der Waals surface area contributed by atoms with Gasteiger partial charge >= 0.3 is 0 Å². The van der Waals surface area contributed by atoms with Gasteiger partial charge in [-0.05, 0) is 0 Å². The first-order valence-corrected chi connectivity index (χ1v) is 2.77. The minimum atomic E-state index is 0.389. The van der Waals surface area contributed by atoms with Gasteiger partial charge in [0, 0.05) is 6.92 Å². The lowest BCUT2D eigenvalue weighted by molar-refractivity contribution is 0.546. The fourth-order valence-electron chi connectivity index (χ4n) is 0.713. The molecule has 0 aromatic carbocycles. The van der Waals surface area contributed by atoms with Crippen LogP contribution in [-0.4, -0.2) is 20.2 Å². The molecule has 0 amide bonds. The summed E-state index contributed by atoms with van der Waals surface area (Å²) in [5.41, 5.74) is 0.896. The van der Waals surface area contributed by atoms with E-state index >= 15 is 0 Å². The van der Waals surface area contributed by atoms with Crippen LogP contribution in [0, 0.1) is 6.92 Å². The predicted molar refractivity (Wildman–Crippen MR) is 32.1 cm³/mol. The SMILES string of the molecule is Cc1nc2ncnnc2o1. The second kappa shape index (κ2) is 1.73. The maximum Gasteiger partial charge on any atom is 0.285 e. The van der Waals surface area contributed by atoms with Gasteiger partial charge in [-0.3, -0.25) is 0 Å². The zero-order chi connectivity index (χ0) is 6.97. The summed E-state index contributed by atoms with van der Waals surface area (Å²) in [5, 5.41) is 7.19. The molecule has 0 aliphatic rings. The van der Waals surface area contributed by atoms with Crippen molar-refractivity contribution in [1.29, 1.82) is 0 Å². The Bertz CT molecular complexity index is 322. The smallest absolute Gasteiger partial charge is 0.285 e. The molecule has 2 aromatic rings. The molecular weight excluding hydrogens is 132 g/mol. The molecule has 5 heteroatoms. The molecule has 0 radical (unpaired) electrons. The molecule has 0 saturated heterocycles. The van der Waals surface area contributed by atoms with E-state index in [0.29, 0.717) is 17.3 Å². The van der Waals surface area contributed by atoms with Gasteiger partial charge in [0.1, 0.15) is 6.33 Å². The second-order valence-corrected chi connectivity index (χ2v) is 1.82. The minimum Gasteiger partial charge on any atom is -0.420 e. The Morgan fingerprint density at radius 1 is 1.50 bits per heavy atom. The summed E-state index contributed by atoms with van der Waals surface area (Å²) in [5.74, 6) is 0.558. The summed E-state index contributed by atoms with van der Waals surface area (Å²) in [6, 6.07) is 0. The van der Waals surface area contributed by atoms with Gasteiger partial charge in [0.05, 0.1) is 0 Å². The first-order chi connectivity index (χ1) is 4.86. The van der Waals surface area contributed by atoms with Crippen molar-refractivity contribution in [2.75, 3.05) is 0 Å². The minimum absolute atomic E-state index is 0.389. The van der Waals surface area contributed by atoms with E-state index in [-0.39, 0.29) is 0 Å². The number of aromatic nitrogens is 4. The molecule has 0 bridgehead atoms. The standard InChI is InChI=1S/C5H4N4O/c1-3-8-4-5(10-3)9-7-2-6-4/h2H,1H3. The Morgan fingerprint density at radius 3 is 3.20 bits per heavy atom. The maximum absolute atomic E-state index is 5.02. The number of aryl methyl sites for hydroxylation is 1. The Kier molecular flexibility index (Phi) is 0.913. The zero-order valence-corrected chi connectivity index (χ0v) is 5.27. The molecule has 5 nitrogen and oxygen atoms in total. The lowest BCUT2D eigenvalue weighted by Crippen LogP contribution is -1.82. The molecule has 0 aliphatic carbocycles. The quantitative estimate of drug-likeness (QED) is 0.521. The van der Waals surface area contributed by atoms with Crippen LogP contribution < -0.4 is 0 Å². The number of rotatable bonds is 0. The monoisotopic (exact) mass is 136 g/mol. The highest BCUT2D eigenvalue weighted by Gasteiger charge is 2.01. The van der Waals surface area contributed by atoms with Gasteiger partial charge in [-0.2, -0.15) is 4.98 Å². The Hall–Kier alpha value is -1.52. The maximum atomic E-state index is 5.02. The number of hydrogen-bond donors (Lipinski definition) is 0.